The van der Waals surface area contributed by atoms with E-state index >= 15 is 0 Å². The molecule has 0 heterocycles. The zero-order chi connectivity index (χ0) is 16.5. The third kappa shape index (κ3) is 5.01. The van der Waals surface area contributed by atoms with E-state index in [1.165, 1.54) is 0 Å². The maximum Gasteiger partial charge on any atom is 0.244 e. The summed E-state index contributed by atoms with van der Waals surface area (Å²) < 4.78 is 63.6. The molecule has 0 aliphatic carbocycles. The van der Waals surface area contributed by atoms with Crippen LogP contribution >= 0.6 is 15.9 Å². The molecule has 0 aliphatic rings. The Morgan fingerprint density at radius 1 is 1.24 bits per heavy atom. The van der Waals surface area contributed by atoms with Gasteiger partial charge in [-0.15, -0.1) is 0 Å². The molecule has 0 unspecified atom stereocenters. The predicted molar refractivity (Wildman–Crippen MR) is 82.3 cm³/mol. The van der Waals surface area contributed by atoms with Gasteiger partial charge in [-0.1, -0.05) is 15.9 Å². The lowest BCUT2D eigenvalue weighted by molar-refractivity contribution is 0.441. The van der Waals surface area contributed by atoms with Crippen LogP contribution in [0.5, 0.6) is 0 Å². The minimum absolute atomic E-state index is 0.248. The Labute approximate surface area is 133 Å². The zero-order valence-electron chi connectivity index (χ0n) is 11.9. The van der Waals surface area contributed by atoms with Gasteiger partial charge in [-0.25, -0.2) is 25.9 Å². The minimum Gasteiger partial charge on any atom is -0.224 e. The molecule has 120 valence electrons. The molecule has 0 bridgehead atoms. The second-order valence-electron chi connectivity index (χ2n) is 5.29. The molecule has 0 amide bonds. The average molecular weight is 402 g/mol. The first kappa shape index (κ1) is 18.5. The van der Waals surface area contributed by atoms with Gasteiger partial charge in [0.1, 0.15) is 10.7 Å². The molecular formula is C12H17BrFNO4S2. The lowest BCUT2D eigenvalue weighted by Gasteiger charge is -2.25. The van der Waals surface area contributed by atoms with E-state index in [1.807, 2.05) is 0 Å². The molecule has 1 aromatic rings. The number of nitrogens with one attached hydrogen (secondary N) is 1. The van der Waals surface area contributed by atoms with Crippen LogP contribution in [0.4, 0.5) is 4.39 Å². The monoisotopic (exact) mass is 401 g/mol. The third-order valence-corrected chi connectivity index (χ3v) is 5.97. The molecule has 5 nitrogen and oxygen atoms in total. The van der Waals surface area contributed by atoms with Gasteiger partial charge in [0, 0.05) is 17.1 Å². The summed E-state index contributed by atoms with van der Waals surface area (Å²) in [4.78, 5) is -0.921. The van der Waals surface area contributed by atoms with Crippen LogP contribution in [-0.4, -0.2) is 34.0 Å². The molecule has 1 N–H and O–H groups in total. The van der Waals surface area contributed by atoms with Crippen molar-refractivity contribution in [2.45, 2.75) is 35.6 Å². The number of sulfone groups is 1. The molecule has 9 heteroatoms. The van der Waals surface area contributed by atoms with Crippen molar-refractivity contribution in [1.82, 2.24) is 4.72 Å². The second-order valence-corrected chi connectivity index (χ2v) is 9.75. The van der Waals surface area contributed by atoms with Crippen molar-refractivity contribution >= 4 is 35.8 Å². The first-order chi connectivity index (χ1) is 9.39. The van der Waals surface area contributed by atoms with Crippen molar-refractivity contribution in [3.05, 3.63) is 24.0 Å². The summed E-state index contributed by atoms with van der Waals surface area (Å²) in [5.41, 5.74) is -0.796. The molecule has 21 heavy (non-hydrogen) atoms. The summed E-state index contributed by atoms with van der Waals surface area (Å²) in [6, 6.07) is 2.70. The Morgan fingerprint density at radius 2 is 1.81 bits per heavy atom. The molecular weight excluding hydrogens is 385 g/mol. The van der Waals surface area contributed by atoms with Crippen LogP contribution in [0.25, 0.3) is 0 Å². The van der Waals surface area contributed by atoms with Crippen molar-refractivity contribution in [3.63, 3.8) is 0 Å². The van der Waals surface area contributed by atoms with Gasteiger partial charge in [0.05, 0.1) is 4.90 Å². The number of sulfonamides is 1. The molecule has 0 aromatic heterocycles. The summed E-state index contributed by atoms with van der Waals surface area (Å²) in [6.07, 6.45) is 1.42. The van der Waals surface area contributed by atoms with Crippen molar-refractivity contribution in [3.8, 4) is 0 Å². The molecule has 0 aliphatic heterocycles. The third-order valence-electron chi connectivity index (χ3n) is 2.75. The summed E-state index contributed by atoms with van der Waals surface area (Å²) in [5, 5.41) is 0.564. The van der Waals surface area contributed by atoms with E-state index < -0.39 is 36.1 Å². The molecule has 0 saturated carbocycles. The molecule has 1 aromatic carbocycles. The first-order valence-electron chi connectivity index (χ1n) is 5.99. The largest absolute Gasteiger partial charge is 0.244 e. The Hall–Kier alpha value is -0.510. The van der Waals surface area contributed by atoms with Gasteiger partial charge in [0.25, 0.3) is 0 Å². The van der Waals surface area contributed by atoms with Gasteiger partial charge >= 0.3 is 0 Å². The van der Waals surface area contributed by atoms with Crippen LogP contribution in [0.15, 0.2) is 28.0 Å². The number of hydrogen-bond acceptors (Lipinski definition) is 4. The number of alkyl halides is 1. The standard InChI is InChI=1S/C12H17BrFNO4S2/c1-12(2,6-7-13)15-21(18,19)11-8-9(20(3,16)17)4-5-10(11)14/h4-5,8,15H,6-7H2,1-3H3. The van der Waals surface area contributed by atoms with Gasteiger partial charge < -0.3 is 0 Å². The maximum atomic E-state index is 13.8. The highest BCUT2D eigenvalue weighted by Crippen LogP contribution is 2.22. The SMILES string of the molecule is CC(C)(CCBr)NS(=O)(=O)c1cc(S(C)(=O)=O)ccc1F. The van der Waals surface area contributed by atoms with Crippen LogP contribution < -0.4 is 4.72 Å². The molecule has 0 atom stereocenters. The van der Waals surface area contributed by atoms with E-state index in [9.17, 15) is 21.2 Å². The molecule has 0 saturated heterocycles. The number of benzene rings is 1. The highest BCUT2D eigenvalue weighted by atomic mass is 79.9. The van der Waals surface area contributed by atoms with Crippen LogP contribution in [0.2, 0.25) is 0 Å². The smallest absolute Gasteiger partial charge is 0.224 e. The number of rotatable bonds is 6. The van der Waals surface area contributed by atoms with Gasteiger partial charge in [0.15, 0.2) is 9.84 Å². The maximum absolute atomic E-state index is 13.8. The zero-order valence-corrected chi connectivity index (χ0v) is 15.1. The van der Waals surface area contributed by atoms with Gasteiger partial charge in [-0.3, -0.25) is 0 Å². The summed E-state index contributed by atoms with van der Waals surface area (Å²) in [7, 11) is -7.79. The normalized spacial score (nSPS) is 13.4. The Morgan fingerprint density at radius 3 is 2.29 bits per heavy atom. The second kappa shape index (κ2) is 6.31. The lowest BCUT2D eigenvalue weighted by atomic mass is 10.0. The van der Waals surface area contributed by atoms with Crippen molar-refractivity contribution < 1.29 is 21.2 Å². The predicted octanol–water partition coefficient (Wildman–Crippen LogP) is 2.07. The van der Waals surface area contributed by atoms with E-state index in [4.69, 9.17) is 0 Å². The summed E-state index contributed by atoms with van der Waals surface area (Å²) in [5.74, 6) is -0.996. The van der Waals surface area contributed by atoms with Gasteiger partial charge in [-0.05, 0) is 38.5 Å². The first-order valence-corrected chi connectivity index (χ1v) is 10.5. The van der Waals surface area contributed by atoms with E-state index in [-0.39, 0.29) is 4.90 Å². The van der Waals surface area contributed by atoms with Crippen LogP contribution in [0, 0.1) is 5.82 Å². The fourth-order valence-corrected chi connectivity index (χ4v) is 4.89. The highest BCUT2D eigenvalue weighted by Gasteiger charge is 2.28. The highest BCUT2D eigenvalue weighted by molar-refractivity contribution is 9.09. The summed E-state index contributed by atoms with van der Waals surface area (Å²) in [6.45, 7) is 3.31. The molecule has 0 fully saturated rings. The topological polar surface area (TPSA) is 80.3 Å². The van der Waals surface area contributed by atoms with Crippen LogP contribution in [0.1, 0.15) is 20.3 Å². The summed E-state index contributed by atoms with van der Waals surface area (Å²) >= 11 is 3.21. The quantitative estimate of drug-likeness (QED) is 0.584. The molecule has 0 radical (unpaired) electrons. The van der Waals surface area contributed by atoms with Gasteiger partial charge in [0.2, 0.25) is 10.0 Å². The van der Waals surface area contributed by atoms with E-state index in [0.717, 1.165) is 24.5 Å². The Bertz CT molecular complexity index is 730. The average Bonchev–Trinajstić information content (AvgIpc) is 2.25. The van der Waals surface area contributed by atoms with E-state index in [0.29, 0.717) is 11.8 Å². The minimum atomic E-state index is -4.16. The molecule has 1 rings (SSSR count). The van der Waals surface area contributed by atoms with Crippen molar-refractivity contribution in [1.29, 1.82) is 0 Å². The van der Waals surface area contributed by atoms with Crippen LogP contribution in [0.3, 0.4) is 0 Å². The fourth-order valence-electron chi connectivity index (χ4n) is 1.63. The van der Waals surface area contributed by atoms with E-state index in [2.05, 4.69) is 20.7 Å². The number of hydrogen-bond donors (Lipinski definition) is 1. The van der Waals surface area contributed by atoms with Crippen LogP contribution in [-0.2, 0) is 19.9 Å². The fraction of sp³-hybridized carbons (Fsp3) is 0.500. The van der Waals surface area contributed by atoms with Crippen molar-refractivity contribution in [2.24, 2.45) is 0 Å². The Kier molecular flexibility index (Phi) is 5.57. The van der Waals surface area contributed by atoms with E-state index in [1.54, 1.807) is 13.8 Å². The number of halogens is 2. The Balaban J connectivity index is 3.32. The van der Waals surface area contributed by atoms with Crippen molar-refractivity contribution in [2.75, 3.05) is 11.6 Å². The molecule has 0 spiro atoms. The lowest BCUT2D eigenvalue weighted by Crippen LogP contribution is -2.43. The van der Waals surface area contributed by atoms with Gasteiger partial charge in [-0.2, -0.15) is 0 Å².